The number of hydrogen-bond acceptors (Lipinski definition) is 3. The van der Waals surface area contributed by atoms with Gasteiger partial charge in [-0.25, -0.2) is 4.98 Å². The number of anilines is 1. The molecule has 2 aromatic carbocycles. The van der Waals surface area contributed by atoms with E-state index in [4.69, 9.17) is 0 Å². The van der Waals surface area contributed by atoms with Crippen LogP contribution in [0.5, 0.6) is 0 Å². The van der Waals surface area contributed by atoms with Gasteiger partial charge in [0, 0.05) is 11.6 Å². The lowest BCUT2D eigenvalue weighted by atomic mass is 9.93. The Morgan fingerprint density at radius 1 is 1.13 bits per heavy atom. The number of rotatable bonds is 6. The lowest BCUT2D eigenvalue weighted by Crippen LogP contribution is -2.25. The Morgan fingerprint density at radius 2 is 1.97 bits per heavy atom. The number of carboxylic acid groups (broad SMARTS) is 1. The minimum absolute atomic E-state index is 0.0360. The zero-order valence-corrected chi connectivity index (χ0v) is 16.4. The number of aliphatic carboxylic acids is 1. The molecule has 1 fully saturated rings. The fourth-order valence-corrected chi connectivity index (χ4v) is 4.89. The molecule has 2 aliphatic rings. The maximum Gasteiger partial charge on any atom is 0.305 e. The Labute approximate surface area is 174 Å². The van der Waals surface area contributed by atoms with Crippen molar-refractivity contribution in [3.05, 3.63) is 72.6 Å². The molecule has 0 spiro atoms. The predicted octanol–water partition coefficient (Wildman–Crippen LogP) is 4.25. The first-order valence-corrected chi connectivity index (χ1v) is 10.3. The summed E-state index contributed by atoms with van der Waals surface area (Å²) in [4.78, 5) is 28.7. The number of imidazole rings is 1. The lowest BCUT2D eigenvalue weighted by molar-refractivity contribution is -0.137. The van der Waals surface area contributed by atoms with E-state index in [1.165, 1.54) is 0 Å². The van der Waals surface area contributed by atoms with E-state index in [2.05, 4.69) is 22.5 Å². The standard InChI is InChI=1S/C24H23N3O3/c28-23(29)13-22(16-4-2-1-3-5-16)27-14-25-20-12-18(8-9-21(20)27)26-24(30)19-11-15-6-7-17(19)10-15/h1-9,12,14-15,17,19,22H,10-11,13H2,(H,26,30)(H,28,29). The minimum Gasteiger partial charge on any atom is -0.481 e. The summed E-state index contributed by atoms with van der Waals surface area (Å²) in [6.45, 7) is 0. The van der Waals surface area contributed by atoms with Crippen molar-refractivity contribution >= 4 is 28.6 Å². The lowest BCUT2D eigenvalue weighted by Gasteiger charge is -2.19. The van der Waals surface area contributed by atoms with Crippen LogP contribution < -0.4 is 5.32 Å². The van der Waals surface area contributed by atoms with Crippen molar-refractivity contribution in [3.63, 3.8) is 0 Å². The highest BCUT2D eigenvalue weighted by Gasteiger charge is 2.39. The zero-order chi connectivity index (χ0) is 20.7. The third kappa shape index (κ3) is 3.38. The van der Waals surface area contributed by atoms with E-state index >= 15 is 0 Å². The number of aromatic nitrogens is 2. The third-order valence-electron chi connectivity index (χ3n) is 6.35. The van der Waals surface area contributed by atoms with Crippen molar-refractivity contribution in [2.75, 3.05) is 5.32 Å². The fraction of sp³-hybridized carbons (Fsp3) is 0.292. The van der Waals surface area contributed by atoms with E-state index in [-0.39, 0.29) is 24.3 Å². The quantitative estimate of drug-likeness (QED) is 0.605. The summed E-state index contributed by atoms with van der Waals surface area (Å²) in [7, 11) is 0. The van der Waals surface area contributed by atoms with Crippen LogP contribution >= 0.6 is 0 Å². The molecule has 3 aromatic rings. The minimum atomic E-state index is -0.866. The van der Waals surface area contributed by atoms with Crippen LogP contribution in [0.2, 0.25) is 0 Å². The van der Waals surface area contributed by atoms with Crippen molar-refractivity contribution in [2.24, 2.45) is 17.8 Å². The number of carboxylic acids is 1. The smallest absolute Gasteiger partial charge is 0.305 e. The Morgan fingerprint density at radius 3 is 2.67 bits per heavy atom. The number of nitrogens with one attached hydrogen (secondary N) is 1. The van der Waals surface area contributed by atoms with Crippen LogP contribution in [0, 0.1) is 17.8 Å². The Balaban J connectivity index is 1.41. The number of allylic oxidation sites excluding steroid dienone is 2. The second-order valence-electron chi connectivity index (χ2n) is 8.26. The molecule has 0 aliphatic heterocycles. The summed E-state index contributed by atoms with van der Waals surface area (Å²) in [6, 6.07) is 14.8. The summed E-state index contributed by atoms with van der Waals surface area (Å²) in [5.74, 6) is 0.160. The van der Waals surface area contributed by atoms with E-state index in [0.717, 1.165) is 35.1 Å². The first-order chi connectivity index (χ1) is 14.6. The fourth-order valence-electron chi connectivity index (χ4n) is 4.89. The molecule has 6 heteroatoms. The van der Waals surface area contributed by atoms with Crippen LogP contribution in [0.15, 0.2) is 67.0 Å². The van der Waals surface area contributed by atoms with E-state index in [1.807, 2.05) is 53.1 Å². The summed E-state index contributed by atoms with van der Waals surface area (Å²) < 4.78 is 1.89. The zero-order valence-electron chi connectivity index (χ0n) is 16.4. The highest BCUT2D eigenvalue weighted by atomic mass is 16.4. The van der Waals surface area contributed by atoms with Gasteiger partial charge in [-0.15, -0.1) is 0 Å². The van der Waals surface area contributed by atoms with Crippen LogP contribution in [0.1, 0.15) is 30.9 Å². The van der Waals surface area contributed by atoms with Crippen molar-refractivity contribution in [3.8, 4) is 0 Å². The summed E-state index contributed by atoms with van der Waals surface area (Å²) in [6.07, 6.45) is 8.07. The molecule has 152 valence electrons. The monoisotopic (exact) mass is 401 g/mol. The highest BCUT2D eigenvalue weighted by Crippen LogP contribution is 2.43. The molecule has 2 aliphatic carbocycles. The second-order valence-corrected chi connectivity index (χ2v) is 8.26. The topological polar surface area (TPSA) is 84.2 Å². The van der Waals surface area contributed by atoms with Gasteiger partial charge in [-0.1, -0.05) is 42.5 Å². The van der Waals surface area contributed by atoms with Crippen molar-refractivity contribution < 1.29 is 14.7 Å². The molecular formula is C24H23N3O3. The summed E-state index contributed by atoms with van der Waals surface area (Å²) in [5.41, 5.74) is 3.21. The molecule has 1 aromatic heterocycles. The summed E-state index contributed by atoms with van der Waals surface area (Å²) >= 11 is 0. The average Bonchev–Trinajstić information content (AvgIpc) is 3.48. The van der Waals surface area contributed by atoms with Crippen molar-refractivity contribution in [2.45, 2.75) is 25.3 Å². The Hall–Kier alpha value is -3.41. The molecule has 2 bridgehead atoms. The van der Waals surface area contributed by atoms with E-state index in [0.29, 0.717) is 11.8 Å². The number of fused-ring (bicyclic) bond motifs is 3. The molecule has 4 unspecified atom stereocenters. The van der Waals surface area contributed by atoms with Crippen molar-refractivity contribution in [1.82, 2.24) is 9.55 Å². The highest BCUT2D eigenvalue weighted by molar-refractivity contribution is 5.95. The predicted molar refractivity (Wildman–Crippen MR) is 114 cm³/mol. The van der Waals surface area contributed by atoms with Crippen LogP contribution in [-0.4, -0.2) is 26.5 Å². The van der Waals surface area contributed by atoms with Gasteiger partial charge in [0.2, 0.25) is 5.91 Å². The molecule has 5 rings (SSSR count). The molecule has 4 atom stereocenters. The number of carbonyl (C=O) groups excluding carboxylic acids is 1. The van der Waals surface area contributed by atoms with E-state index in [9.17, 15) is 14.7 Å². The molecule has 0 saturated heterocycles. The van der Waals surface area contributed by atoms with Gasteiger partial charge in [0.15, 0.2) is 0 Å². The first-order valence-electron chi connectivity index (χ1n) is 10.3. The number of amides is 1. The molecule has 6 nitrogen and oxygen atoms in total. The second kappa shape index (κ2) is 7.44. The van der Waals surface area contributed by atoms with E-state index < -0.39 is 5.97 Å². The van der Waals surface area contributed by atoms with Crippen LogP contribution in [-0.2, 0) is 9.59 Å². The molecule has 2 N–H and O–H groups in total. The Bertz CT molecular complexity index is 1140. The molecular weight excluding hydrogens is 378 g/mol. The SMILES string of the molecule is O=C(O)CC(c1ccccc1)n1cnc2cc(NC(=O)C3CC4C=CC3C4)ccc21. The van der Waals surface area contributed by atoms with Gasteiger partial charge >= 0.3 is 5.97 Å². The molecule has 1 heterocycles. The van der Waals surface area contributed by atoms with Gasteiger partial charge < -0.3 is 15.0 Å². The molecule has 1 amide bonds. The normalized spacial score (nSPS) is 23.0. The Kier molecular flexibility index (Phi) is 4.62. The van der Waals surface area contributed by atoms with Gasteiger partial charge in [-0.2, -0.15) is 0 Å². The van der Waals surface area contributed by atoms with Gasteiger partial charge in [-0.3, -0.25) is 9.59 Å². The maximum absolute atomic E-state index is 12.7. The average molecular weight is 401 g/mol. The van der Waals surface area contributed by atoms with Crippen LogP contribution in [0.3, 0.4) is 0 Å². The van der Waals surface area contributed by atoms with Gasteiger partial charge in [-0.05, 0) is 48.4 Å². The van der Waals surface area contributed by atoms with Crippen molar-refractivity contribution in [1.29, 1.82) is 0 Å². The molecule has 30 heavy (non-hydrogen) atoms. The number of carbonyl (C=O) groups is 2. The maximum atomic E-state index is 12.7. The van der Waals surface area contributed by atoms with Crippen LogP contribution in [0.25, 0.3) is 11.0 Å². The molecule has 1 saturated carbocycles. The first kappa shape index (κ1) is 18.6. The number of benzene rings is 2. The van der Waals surface area contributed by atoms with Gasteiger partial charge in [0.1, 0.15) is 0 Å². The van der Waals surface area contributed by atoms with E-state index in [1.54, 1.807) is 6.33 Å². The number of hydrogen-bond donors (Lipinski definition) is 2. The largest absolute Gasteiger partial charge is 0.481 e. The van der Waals surface area contributed by atoms with Crippen LogP contribution in [0.4, 0.5) is 5.69 Å². The number of nitrogens with zero attached hydrogens (tertiary/aromatic N) is 2. The third-order valence-corrected chi connectivity index (χ3v) is 6.35. The van der Waals surface area contributed by atoms with Gasteiger partial charge in [0.05, 0.1) is 29.8 Å². The molecule has 0 radical (unpaired) electrons. The summed E-state index contributed by atoms with van der Waals surface area (Å²) in [5, 5.41) is 12.5. The van der Waals surface area contributed by atoms with Gasteiger partial charge in [0.25, 0.3) is 0 Å².